The molecule has 0 N–H and O–H groups in total. The van der Waals surface area contributed by atoms with E-state index in [9.17, 15) is 0 Å². The highest BCUT2D eigenvalue weighted by atomic mass is 35.5. The number of nitrogens with zero attached hydrogens (tertiary/aromatic N) is 2. The molecule has 0 bridgehead atoms. The number of rotatable bonds is 3. The number of fused-ring (bicyclic) bond motifs is 3. The fourth-order valence-electron chi connectivity index (χ4n) is 5.31. The summed E-state index contributed by atoms with van der Waals surface area (Å²) in [6.45, 7) is 4.26. The van der Waals surface area contributed by atoms with Gasteiger partial charge in [0.25, 0.3) is 0 Å². The van der Waals surface area contributed by atoms with Gasteiger partial charge in [-0.3, -0.25) is 0 Å². The maximum Gasteiger partial charge on any atom is 0.125 e. The van der Waals surface area contributed by atoms with Crippen LogP contribution in [0, 0.1) is 13.8 Å². The molecule has 0 saturated heterocycles. The minimum Gasteiger partial charge on any atom is -1.00 e. The topological polar surface area (TPSA) is 17.8 Å². The summed E-state index contributed by atoms with van der Waals surface area (Å²) in [7, 11) is 0. The van der Waals surface area contributed by atoms with Crippen LogP contribution in [0.1, 0.15) is 34.7 Å². The van der Waals surface area contributed by atoms with E-state index in [1.54, 1.807) is 0 Å². The zero-order chi connectivity index (χ0) is 23.4. The minimum absolute atomic E-state index is 0. The van der Waals surface area contributed by atoms with E-state index in [-0.39, 0.29) is 12.4 Å². The first-order valence-electron chi connectivity index (χ1n) is 11.7. The Morgan fingerprint density at radius 1 is 0.914 bits per heavy atom. The van der Waals surface area contributed by atoms with Gasteiger partial charge >= 0.3 is 0 Å². The van der Waals surface area contributed by atoms with E-state index < -0.39 is 0 Å². The third kappa shape index (κ3) is 4.09. The van der Waals surface area contributed by atoms with E-state index in [4.69, 9.17) is 28.2 Å². The fraction of sp³-hybridized carbons (Fsp3) is 0.207. The summed E-state index contributed by atoms with van der Waals surface area (Å²) < 4.78 is 2.25. The van der Waals surface area contributed by atoms with Crippen molar-refractivity contribution in [1.29, 1.82) is 0 Å². The second-order valence-corrected chi connectivity index (χ2v) is 10.9. The molecule has 2 nitrogen and oxygen atoms in total. The second kappa shape index (κ2) is 9.63. The second-order valence-electron chi connectivity index (χ2n) is 9.00. The maximum absolute atomic E-state index is 7.27. The van der Waals surface area contributed by atoms with E-state index in [0.717, 1.165) is 67.2 Å². The summed E-state index contributed by atoms with van der Waals surface area (Å²) in [5.74, 6) is 0. The van der Waals surface area contributed by atoms with E-state index in [1.807, 2.05) is 35.6 Å². The molecular weight excluding hydrogens is 515 g/mol. The van der Waals surface area contributed by atoms with Crippen molar-refractivity contribution in [3.05, 3.63) is 92.5 Å². The smallest absolute Gasteiger partial charge is 0.125 e. The highest BCUT2D eigenvalue weighted by molar-refractivity contribution is 7.19. The van der Waals surface area contributed by atoms with Gasteiger partial charge in [0.15, 0.2) is 0 Å². The van der Waals surface area contributed by atoms with Crippen molar-refractivity contribution in [2.24, 2.45) is 0 Å². The first-order chi connectivity index (χ1) is 16.5. The van der Waals surface area contributed by atoms with E-state index in [1.165, 1.54) is 28.7 Å². The van der Waals surface area contributed by atoms with E-state index >= 15 is 0 Å². The molecule has 0 aliphatic heterocycles. The van der Waals surface area contributed by atoms with Crippen molar-refractivity contribution in [2.45, 2.75) is 39.5 Å². The average Bonchev–Trinajstić information content (AvgIpc) is 3.36. The molecule has 1 aliphatic rings. The Bertz CT molecular complexity index is 1530. The van der Waals surface area contributed by atoms with Crippen LogP contribution in [0.5, 0.6) is 0 Å². The molecule has 0 unspecified atom stereocenters. The number of benzene rings is 2. The molecule has 3 aromatic heterocycles. The summed E-state index contributed by atoms with van der Waals surface area (Å²) in [5.41, 5.74) is 9.00. The molecular formula is C29H24Cl3N2S-. The van der Waals surface area contributed by atoms with Crippen LogP contribution in [0.3, 0.4) is 0 Å². The Morgan fingerprint density at radius 3 is 2.37 bits per heavy atom. The molecule has 178 valence electrons. The summed E-state index contributed by atoms with van der Waals surface area (Å²) in [6.07, 6.45) is 4.73. The number of halogens is 3. The molecule has 0 saturated carbocycles. The van der Waals surface area contributed by atoms with Crippen LogP contribution in [0.25, 0.3) is 38.3 Å². The third-order valence-electron chi connectivity index (χ3n) is 6.88. The maximum atomic E-state index is 7.27. The van der Waals surface area contributed by atoms with Gasteiger partial charge in [-0.25, -0.2) is 4.98 Å². The van der Waals surface area contributed by atoms with Gasteiger partial charge in [0.05, 0.1) is 10.7 Å². The molecule has 2 aromatic carbocycles. The predicted octanol–water partition coefficient (Wildman–Crippen LogP) is 6.23. The van der Waals surface area contributed by atoms with Gasteiger partial charge < -0.3 is 17.0 Å². The largest absolute Gasteiger partial charge is 1.00 e. The summed E-state index contributed by atoms with van der Waals surface area (Å²) in [4.78, 5) is 7.79. The number of thiophene rings is 1. The molecule has 5 aromatic rings. The van der Waals surface area contributed by atoms with Crippen LogP contribution in [0.15, 0.2) is 60.7 Å². The Hall–Kier alpha value is -2.30. The number of aryl methyl sites for hydroxylation is 3. The standard InChI is InChI=1S/C29H24Cl2N2S.ClH/c1-17-16-23(18(2)33(17)21-14-12-20(30)13-15-21)28-27(31)25(19-8-4-3-5-9-19)26-22-10-6-7-11-24(22)34-29(26)32-28;/h3-5,8-9,12-16H,6-7,10-11H2,1-2H3;1H/p-1. The molecule has 3 heterocycles. The molecule has 0 radical (unpaired) electrons. The van der Waals surface area contributed by atoms with Crippen molar-refractivity contribution in [3.8, 4) is 28.1 Å². The molecule has 6 heteroatoms. The Balaban J connectivity index is 0.00000253. The number of aromatic nitrogens is 2. The highest BCUT2D eigenvalue weighted by Crippen LogP contribution is 2.47. The summed E-state index contributed by atoms with van der Waals surface area (Å²) in [6, 6.07) is 20.7. The van der Waals surface area contributed by atoms with Crippen molar-refractivity contribution < 1.29 is 12.4 Å². The minimum atomic E-state index is 0. The predicted molar refractivity (Wildman–Crippen MR) is 146 cm³/mol. The molecule has 1 aliphatic carbocycles. The van der Waals surface area contributed by atoms with Crippen LogP contribution < -0.4 is 12.4 Å². The Labute approximate surface area is 226 Å². The quantitative estimate of drug-likeness (QED) is 0.266. The molecule has 0 amide bonds. The lowest BCUT2D eigenvalue weighted by Gasteiger charge is -2.15. The van der Waals surface area contributed by atoms with Crippen LogP contribution in [-0.4, -0.2) is 9.55 Å². The lowest BCUT2D eigenvalue weighted by molar-refractivity contribution is -0.00000659. The summed E-state index contributed by atoms with van der Waals surface area (Å²) in [5, 5.41) is 2.73. The lowest BCUT2D eigenvalue weighted by Crippen LogP contribution is -3.00. The monoisotopic (exact) mass is 537 g/mol. The van der Waals surface area contributed by atoms with Crippen molar-refractivity contribution >= 4 is 44.8 Å². The van der Waals surface area contributed by atoms with Crippen molar-refractivity contribution in [1.82, 2.24) is 9.55 Å². The number of hydrogen-bond donors (Lipinski definition) is 0. The van der Waals surface area contributed by atoms with Gasteiger partial charge in [0.2, 0.25) is 0 Å². The summed E-state index contributed by atoms with van der Waals surface area (Å²) >= 11 is 15.3. The van der Waals surface area contributed by atoms with Gasteiger partial charge in [-0.15, -0.1) is 11.3 Å². The Kier molecular flexibility index (Phi) is 6.71. The van der Waals surface area contributed by atoms with Gasteiger partial charge in [-0.1, -0.05) is 53.5 Å². The third-order valence-corrected chi connectivity index (χ3v) is 8.68. The van der Waals surface area contributed by atoms with Gasteiger partial charge in [0, 0.05) is 43.5 Å². The fourth-order valence-corrected chi connectivity index (χ4v) is 7.06. The molecule has 0 spiro atoms. The van der Waals surface area contributed by atoms with Gasteiger partial charge in [0.1, 0.15) is 4.83 Å². The zero-order valence-corrected chi connectivity index (χ0v) is 22.6. The zero-order valence-electron chi connectivity index (χ0n) is 19.5. The Morgan fingerprint density at radius 2 is 1.63 bits per heavy atom. The molecule has 35 heavy (non-hydrogen) atoms. The lowest BCUT2D eigenvalue weighted by atomic mass is 9.92. The van der Waals surface area contributed by atoms with Crippen LogP contribution in [0.2, 0.25) is 10.0 Å². The first-order valence-corrected chi connectivity index (χ1v) is 13.2. The van der Waals surface area contributed by atoms with Gasteiger partial charge in [-0.05, 0) is 81.0 Å². The number of pyridine rings is 1. The molecule has 0 atom stereocenters. The average molecular weight is 539 g/mol. The normalized spacial score (nSPS) is 13.0. The SMILES string of the molecule is Cc1cc(-c2nc3sc4c(c3c(-c3ccccc3)c2Cl)CCCC4)c(C)n1-c1ccc(Cl)cc1.[Cl-]. The van der Waals surface area contributed by atoms with Crippen molar-refractivity contribution in [3.63, 3.8) is 0 Å². The molecule has 0 fully saturated rings. The molecule has 6 rings (SSSR count). The highest BCUT2D eigenvalue weighted by Gasteiger charge is 2.26. The number of hydrogen-bond acceptors (Lipinski definition) is 2. The van der Waals surface area contributed by atoms with Crippen LogP contribution in [0.4, 0.5) is 0 Å². The van der Waals surface area contributed by atoms with Crippen LogP contribution in [-0.2, 0) is 12.8 Å². The van der Waals surface area contributed by atoms with E-state index in [0.29, 0.717) is 0 Å². The first kappa shape index (κ1) is 24.4. The van der Waals surface area contributed by atoms with Crippen LogP contribution >= 0.6 is 34.5 Å². The van der Waals surface area contributed by atoms with Crippen molar-refractivity contribution in [2.75, 3.05) is 0 Å². The van der Waals surface area contributed by atoms with E-state index in [2.05, 4.69) is 54.8 Å². The van der Waals surface area contributed by atoms with Gasteiger partial charge in [-0.2, -0.15) is 0 Å².